The van der Waals surface area contributed by atoms with Gasteiger partial charge in [-0.2, -0.15) is 10.2 Å². The number of rotatable bonds is 10. The van der Waals surface area contributed by atoms with E-state index in [2.05, 4.69) is 40.4 Å². The van der Waals surface area contributed by atoms with Gasteiger partial charge in [0, 0.05) is 49.2 Å². The third-order valence-electron chi connectivity index (χ3n) is 6.33. The van der Waals surface area contributed by atoms with E-state index in [1.54, 1.807) is 4.68 Å². The number of carbonyl (C=O) groups excluding carboxylic acids is 1. The fourth-order valence-electron chi connectivity index (χ4n) is 4.10. The number of amides is 1. The highest BCUT2D eigenvalue weighted by atomic mass is 16.5. The number of aryl methyl sites for hydroxylation is 3. The number of benzene rings is 2. The lowest BCUT2D eigenvalue weighted by Gasteiger charge is -2.18. The lowest BCUT2D eigenvalue weighted by molar-refractivity contribution is 0.0938. The normalized spacial score (nSPS) is 12.1. The van der Waals surface area contributed by atoms with Crippen LogP contribution in [0.2, 0.25) is 0 Å². The summed E-state index contributed by atoms with van der Waals surface area (Å²) in [5, 5.41) is 12.5. The van der Waals surface area contributed by atoms with Gasteiger partial charge in [-0.25, -0.2) is 0 Å². The Kier molecular flexibility index (Phi) is 8.08. The minimum absolute atomic E-state index is 0.136. The third-order valence-corrected chi connectivity index (χ3v) is 6.33. The molecule has 1 N–H and O–H groups in total. The summed E-state index contributed by atoms with van der Waals surface area (Å²) in [6.45, 7) is 8.16. The molecule has 2 aromatic carbocycles. The van der Waals surface area contributed by atoms with Gasteiger partial charge in [-0.1, -0.05) is 6.07 Å². The highest BCUT2D eigenvalue weighted by molar-refractivity contribution is 5.96. The van der Waals surface area contributed by atoms with Crippen LogP contribution in [0.4, 0.5) is 0 Å². The number of nitrogens with zero attached hydrogens (tertiary/aromatic N) is 5. The molecule has 37 heavy (non-hydrogen) atoms. The van der Waals surface area contributed by atoms with Gasteiger partial charge >= 0.3 is 0 Å². The minimum Gasteiger partial charge on any atom is -0.492 e. The molecule has 0 aliphatic carbocycles. The first-order valence-electron chi connectivity index (χ1n) is 12.6. The van der Waals surface area contributed by atoms with Crippen molar-refractivity contribution < 1.29 is 9.53 Å². The summed E-state index contributed by atoms with van der Waals surface area (Å²) in [5.41, 5.74) is 6.21. The molecule has 8 heteroatoms. The maximum Gasteiger partial charge on any atom is 0.252 e. The number of likely N-dealkylation sites (N-methyl/N-ethyl adjacent to an activating group) is 1. The van der Waals surface area contributed by atoms with E-state index in [1.807, 2.05) is 82.4 Å². The first kappa shape index (κ1) is 26.2. The molecule has 2 aromatic heterocycles. The molecule has 0 spiro atoms. The second-order valence-corrected chi connectivity index (χ2v) is 9.60. The van der Waals surface area contributed by atoms with Gasteiger partial charge in [0.05, 0.1) is 17.4 Å². The van der Waals surface area contributed by atoms with Gasteiger partial charge in [0.2, 0.25) is 0 Å². The summed E-state index contributed by atoms with van der Waals surface area (Å²) in [6, 6.07) is 15.7. The Labute approximate surface area is 218 Å². The molecule has 0 saturated heterocycles. The predicted octanol–water partition coefficient (Wildman–Crippen LogP) is 4.71. The van der Waals surface area contributed by atoms with Crippen LogP contribution in [-0.4, -0.2) is 57.6 Å². The van der Waals surface area contributed by atoms with Gasteiger partial charge in [-0.05, 0) is 88.5 Å². The van der Waals surface area contributed by atoms with Gasteiger partial charge in [0.25, 0.3) is 5.91 Å². The molecule has 0 unspecified atom stereocenters. The Morgan fingerprint density at radius 1 is 1.03 bits per heavy atom. The van der Waals surface area contributed by atoms with Gasteiger partial charge in [0.1, 0.15) is 12.4 Å². The van der Waals surface area contributed by atoms with Crippen LogP contribution < -0.4 is 10.1 Å². The number of ether oxygens (including phenoxy) is 1. The molecule has 0 aliphatic heterocycles. The van der Waals surface area contributed by atoms with Crippen LogP contribution in [0.5, 0.6) is 5.75 Å². The third kappa shape index (κ3) is 6.46. The first-order chi connectivity index (χ1) is 17.7. The largest absolute Gasteiger partial charge is 0.492 e. The summed E-state index contributed by atoms with van der Waals surface area (Å²) in [6.07, 6.45) is 3.90. The molecular weight excluding hydrogens is 464 g/mol. The molecule has 0 bridgehead atoms. The smallest absolute Gasteiger partial charge is 0.252 e. The molecule has 0 radical (unpaired) electrons. The second kappa shape index (κ2) is 11.4. The Morgan fingerprint density at radius 3 is 2.35 bits per heavy atom. The van der Waals surface area contributed by atoms with Crippen LogP contribution in [-0.2, 0) is 13.6 Å². The summed E-state index contributed by atoms with van der Waals surface area (Å²) in [4.78, 5) is 15.4. The number of hydrogen-bond acceptors (Lipinski definition) is 5. The van der Waals surface area contributed by atoms with Crippen molar-refractivity contribution in [2.75, 3.05) is 27.2 Å². The number of hydrogen-bond donors (Lipinski definition) is 1. The molecular formula is C29H36N6O2. The average molecular weight is 501 g/mol. The van der Waals surface area contributed by atoms with E-state index in [1.165, 1.54) is 0 Å². The van der Waals surface area contributed by atoms with Crippen molar-refractivity contribution in [1.29, 1.82) is 0 Å². The van der Waals surface area contributed by atoms with Crippen molar-refractivity contribution in [1.82, 2.24) is 29.8 Å². The van der Waals surface area contributed by atoms with Crippen LogP contribution in [0.25, 0.3) is 22.5 Å². The van der Waals surface area contributed by atoms with Crippen LogP contribution in [0.3, 0.4) is 0 Å². The molecule has 8 nitrogen and oxygen atoms in total. The highest BCUT2D eigenvalue weighted by Gasteiger charge is 2.17. The van der Waals surface area contributed by atoms with Gasteiger partial charge in [0.15, 0.2) is 0 Å². The molecule has 0 fully saturated rings. The van der Waals surface area contributed by atoms with Gasteiger partial charge in [-0.15, -0.1) is 0 Å². The number of nitrogens with one attached hydrogen (secondary N) is 1. The monoisotopic (exact) mass is 500 g/mol. The fraction of sp³-hybridized carbons (Fsp3) is 0.345. The van der Waals surface area contributed by atoms with Gasteiger partial charge in [-0.3, -0.25) is 14.2 Å². The molecule has 1 amide bonds. The highest BCUT2D eigenvalue weighted by Crippen LogP contribution is 2.30. The molecule has 1 atom stereocenters. The maximum absolute atomic E-state index is 13.3. The molecule has 194 valence electrons. The van der Waals surface area contributed by atoms with Crippen molar-refractivity contribution in [3.05, 3.63) is 77.6 Å². The topological polar surface area (TPSA) is 77.2 Å². The number of aromatic nitrogens is 4. The second-order valence-electron chi connectivity index (χ2n) is 9.60. The lowest BCUT2D eigenvalue weighted by atomic mass is 9.97. The first-order valence-corrected chi connectivity index (χ1v) is 12.6. The van der Waals surface area contributed by atoms with Gasteiger partial charge < -0.3 is 15.0 Å². The molecule has 4 aromatic rings. The maximum atomic E-state index is 13.3. The van der Waals surface area contributed by atoms with E-state index in [4.69, 9.17) is 9.84 Å². The summed E-state index contributed by atoms with van der Waals surface area (Å²) >= 11 is 0. The standard InChI is InChI=1S/C29H36N6O2/c1-7-35-13-11-28(32-35)24-17-22(16-23(18-24)27-10-12-34(6)31-27)21(3)30-29(36)26-19-25(9-8-20(26)2)37-15-14-33(4)5/h8-13,16-19,21H,7,14-15H2,1-6H3,(H,30,36)/t21-/m1/s1. The van der Waals surface area contributed by atoms with E-state index < -0.39 is 0 Å². The zero-order valence-electron chi connectivity index (χ0n) is 22.5. The summed E-state index contributed by atoms with van der Waals surface area (Å²) < 4.78 is 9.55. The predicted molar refractivity (Wildman–Crippen MR) is 147 cm³/mol. The van der Waals surface area contributed by atoms with Crippen molar-refractivity contribution in [3.8, 4) is 28.3 Å². The van der Waals surface area contributed by atoms with E-state index in [9.17, 15) is 4.79 Å². The number of carbonyl (C=O) groups is 1. The average Bonchev–Trinajstić information content (AvgIpc) is 3.53. The van der Waals surface area contributed by atoms with Crippen LogP contribution >= 0.6 is 0 Å². The Balaban J connectivity index is 1.60. The fourth-order valence-corrected chi connectivity index (χ4v) is 4.10. The van der Waals surface area contributed by atoms with E-state index in [0.717, 1.165) is 46.7 Å². The van der Waals surface area contributed by atoms with Crippen LogP contribution in [0.1, 0.15) is 41.4 Å². The Morgan fingerprint density at radius 2 is 1.73 bits per heavy atom. The summed E-state index contributed by atoms with van der Waals surface area (Å²) in [5.74, 6) is 0.555. The Bertz CT molecular complexity index is 1370. The molecule has 0 saturated carbocycles. The minimum atomic E-state index is -0.235. The summed E-state index contributed by atoms with van der Waals surface area (Å²) in [7, 11) is 5.91. The van der Waals surface area contributed by atoms with Crippen molar-refractivity contribution in [3.63, 3.8) is 0 Å². The Hall–Kier alpha value is -3.91. The van der Waals surface area contributed by atoms with E-state index in [-0.39, 0.29) is 11.9 Å². The van der Waals surface area contributed by atoms with E-state index >= 15 is 0 Å². The molecule has 0 aliphatic rings. The molecule has 2 heterocycles. The van der Waals surface area contributed by atoms with Crippen LogP contribution in [0.15, 0.2) is 60.9 Å². The molecule has 4 rings (SSSR count). The van der Waals surface area contributed by atoms with Crippen LogP contribution in [0, 0.1) is 6.92 Å². The zero-order valence-corrected chi connectivity index (χ0v) is 22.5. The van der Waals surface area contributed by atoms with Crippen molar-refractivity contribution >= 4 is 5.91 Å². The quantitative estimate of drug-likeness (QED) is 0.341. The zero-order chi connectivity index (χ0) is 26.5. The lowest BCUT2D eigenvalue weighted by Crippen LogP contribution is -2.27. The van der Waals surface area contributed by atoms with Crippen molar-refractivity contribution in [2.24, 2.45) is 7.05 Å². The van der Waals surface area contributed by atoms with Crippen molar-refractivity contribution in [2.45, 2.75) is 33.4 Å². The van der Waals surface area contributed by atoms with E-state index in [0.29, 0.717) is 17.9 Å². The SMILES string of the molecule is CCn1ccc(-c2cc(-c3ccn(C)n3)cc([C@@H](C)NC(=O)c3cc(OCCN(C)C)ccc3C)c2)n1.